The molecule has 0 aromatic heterocycles. The lowest BCUT2D eigenvalue weighted by molar-refractivity contribution is -0.386. The molecule has 0 heterocycles. The summed E-state index contributed by atoms with van der Waals surface area (Å²) < 4.78 is 38.4. The molecule has 0 N–H and O–H groups in total. The van der Waals surface area contributed by atoms with Crippen molar-refractivity contribution in [3.05, 3.63) is 39.4 Å². The molecule has 3 nitrogen and oxygen atoms in total. The van der Waals surface area contributed by atoms with Gasteiger partial charge in [0.05, 0.1) is 10.5 Å². The first-order valence-electron chi connectivity index (χ1n) is 4.90. The molecule has 94 valence electrons. The van der Waals surface area contributed by atoms with E-state index in [1.807, 2.05) is 0 Å². The molecule has 0 bridgehead atoms. The van der Waals surface area contributed by atoms with Gasteiger partial charge in [-0.05, 0) is 11.5 Å². The maximum absolute atomic E-state index is 12.8. The minimum absolute atomic E-state index is 0.280. The second kappa shape index (κ2) is 4.01. The van der Waals surface area contributed by atoms with Crippen molar-refractivity contribution in [3.63, 3.8) is 0 Å². The van der Waals surface area contributed by atoms with Crippen LogP contribution >= 0.6 is 0 Å². The fraction of sp³-hybridized carbons (Fsp3) is 0.455. The highest BCUT2D eigenvalue weighted by Gasteiger charge is 2.40. The van der Waals surface area contributed by atoms with Crippen LogP contribution < -0.4 is 0 Å². The Hall–Kier alpha value is -1.59. The lowest BCUT2D eigenvalue weighted by Gasteiger charge is -2.23. The van der Waals surface area contributed by atoms with Crippen LogP contribution in [0.4, 0.5) is 18.9 Å². The van der Waals surface area contributed by atoms with Gasteiger partial charge in [0.15, 0.2) is 0 Å². The molecule has 0 fully saturated rings. The Balaban J connectivity index is 3.64. The summed E-state index contributed by atoms with van der Waals surface area (Å²) in [5.74, 6) is 0. The van der Waals surface area contributed by atoms with E-state index in [0.29, 0.717) is 0 Å². The SMILES string of the molecule is CC(C)(C)c1c([N+](=O)[O-])cccc1C(F)(F)F. The summed E-state index contributed by atoms with van der Waals surface area (Å²) in [7, 11) is 0. The van der Waals surface area contributed by atoms with E-state index < -0.39 is 27.8 Å². The van der Waals surface area contributed by atoms with Gasteiger partial charge >= 0.3 is 6.18 Å². The topological polar surface area (TPSA) is 43.1 Å². The van der Waals surface area contributed by atoms with Crippen LogP contribution in [0.3, 0.4) is 0 Å². The lowest BCUT2D eigenvalue weighted by atomic mass is 9.82. The van der Waals surface area contributed by atoms with Crippen molar-refractivity contribution in [1.82, 2.24) is 0 Å². The smallest absolute Gasteiger partial charge is 0.258 e. The predicted molar refractivity (Wildman–Crippen MR) is 56.8 cm³/mol. The van der Waals surface area contributed by atoms with Gasteiger partial charge in [0.1, 0.15) is 0 Å². The Morgan fingerprint density at radius 3 is 2.06 bits per heavy atom. The minimum atomic E-state index is -4.59. The summed E-state index contributed by atoms with van der Waals surface area (Å²) >= 11 is 0. The van der Waals surface area contributed by atoms with E-state index in [1.165, 1.54) is 20.8 Å². The highest BCUT2D eigenvalue weighted by Crippen LogP contribution is 2.41. The Bertz CT molecular complexity index is 447. The van der Waals surface area contributed by atoms with Crippen LogP contribution in [0, 0.1) is 10.1 Å². The van der Waals surface area contributed by atoms with Crippen molar-refractivity contribution in [2.24, 2.45) is 0 Å². The highest BCUT2D eigenvalue weighted by molar-refractivity contribution is 5.50. The third-order valence-corrected chi connectivity index (χ3v) is 2.29. The average Bonchev–Trinajstić information content (AvgIpc) is 2.13. The first kappa shape index (κ1) is 13.5. The molecule has 17 heavy (non-hydrogen) atoms. The Kier molecular flexibility index (Phi) is 3.18. The Morgan fingerprint density at radius 2 is 1.71 bits per heavy atom. The van der Waals surface area contributed by atoms with E-state index in [2.05, 4.69) is 0 Å². The summed E-state index contributed by atoms with van der Waals surface area (Å²) in [6, 6.07) is 3.01. The number of hydrogen-bond acceptors (Lipinski definition) is 2. The first-order chi connectivity index (χ1) is 7.55. The van der Waals surface area contributed by atoms with Crippen LogP contribution in [-0.2, 0) is 11.6 Å². The Labute approximate surface area is 96.4 Å². The minimum Gasteiger partial charge on any atom is -0.258 e. The fourth-order valence-electron chi connectivity index (χ4n) is 1.72. The molecule has 0 atom stereocenters. The summed E-state index contributed by atoms with van der Waals surface area (Å²) in [4.78, 5) is 10.0. The maximum Gasteiger partial charge on any atom is 0.416 e. The van der Waals surface area contributed by atoms with Gasteiger partial charge in [-0.15, -0.1) is 0 Å². The zero-order chi connectivity index (χ0) is 13.4. The largest absolute Gasteiger partial charge is 0.416 e. The summed E-state index contributed by atoms with van der Waals surface area (Å²) in [6.07, 6.45) is -4.59. The molecule has 0 saturated heterocycles. The van der Waals surface area contributed by atoms with Gasteiger partial charge in [-0.25, -0.2) is 0 Å². The number of alkyl halides is 3. The van der Waals surface area contributed by atoms with Gasteiger partial charge in [-0.3, -0.25) is 10.1 Å². The quantitative estimate of drug-likeness (QED) is 0.557. The van der Waals surface area contributed by atoms with E-state index in [-0.39, 0.29) is 5.56 Å². The van der Waals surface area contributed by atoms with E-state index in [4.69, 9.17) is 0 Å². The number of nitrogens with zero attached hydrogens (tertiary/aromatic N) is 1. The number of rotatable bonds is 1. The zero-order valence-electron chi connectivity index (χ0n) is 9.63. The van der Waals surface area contributed by atoms with Crippen molar-refractivity contribution in [1.29, 1.82) is 0 Å². The van der Waals surface area contributed by atoms with Crippen molar-refractivity contribution < 1.29 is 18.1 Å². The molecule has 1 aromatic carbocycles. The number of hydrogen-bond donors (Lipinski definition) is 0. The third-order valence-electron chi connectivity index (χ3n) is 2.29. The van der Waals surface area contributed by atoms with Crippen molar-refractivity contribution in [3.8, 4) is 0 Å². The standard InChI is InChI=1S/C11H12F3NO2/c1-10(2,3)9-7(11(12,13)14)5-4-6-8(9)15(16)17/h4-6H,1-3H3. The monoisotopic (exact) mass is 247 g/mol. The Morgan fingerprint density at radius 1 is 1.18 bits per heavy atom. The predicted octanol–water partition coefficient (Wildman–Crippen LogP) is 3.91. The van der Waals surface area contributed by atoms with Crippen molar-refractivity contribution in [2.75, 3.05) is 0 Å². The molecule has 0 aliphatic carbocycles. The van der Waals surface area contributed by atoms with Crippen molar-refractivity contribution >= 4 is 5.69 Å². The molecular formula is C11H12F3NO2. The van der Waals surface area contributed by atoms with Crippen LogP contribution in [0.2, 0.25) is 0 Å². The molecule has 0 aliphatic heterocycles. The van der Waals surface area contributed by atoms with Crippen molar-refractivity contribution in [2.45, 2.75) is 32.4 Å². The van der Waals surface area contributed by atoms with Gasteiger partial charge in [-0.1, -0.05) is 26.8 Å². The lowest BCUT2D eigenvalue weighted by Crippen LogP contribution is -2.21. The number of nitro groups is 1. The van der Waals surface area contributed by atoms with Gasteiger partial charge in [0, 0.05) is 11.6 Å². The zero-order valence-corrected chi connectivity index (χ0v) is 9.63. The molecule has 0 spiro atoms. The molecule has 6 heteroatoms. The van der Waals surface area contributed by atoms with E-state index in [1.54, 1.807) is 0 Å². The molecule has 0 amide bonds. The van der Waals surface area contributed by atoms with Crippen LogP contribution in [0.1, 0.15) is 31.9 Å². The third kappa shape index (κ3) is 2.75. The number of halogens is 3. The molecular weight excluding hydrogens is 235 g/mol. The normalized spacial score (nSPS) is 12.6. The van der Waals surface area contributed by atoms with E-state index in [9.17, 15) is 23.3 Å². The van der Waals surface area contributed by atoms with Gasteiger partial charge in [-0.2, -0.15) is 13.2 Å². The highest BCUT2D eigenvalue weighted by atomic mass is 19.4. The molecule has 0 unspecified atom stereocenters. The molecule has 0 aliphatic rings. The average molecular weight is 247 g/mol. The van der Waals surface area contributed by atoms with Crippen LogP contribution in [0.25, 0.3) is 0 Å². The molecule has 0 saturated carbocycles. The van der Waals surface area contributed by atoms with Gasteiger partial charge in [0.25, 0.3) is 5.69 Å². The second-order valence-corrected chi connectivity index (χ2v) is 4.70. The molecule has 1 rings (SSSR count). The van der Waals surface area contributed by atoms with Crippen LogP contribution in [-0.4, -0.2) is 4.92 Å². The summed E-state index contributed by atoms with van der Waals surface area (Å²) in [5.41, 5.74) is -2.67. The van der Waals surface area contributed by atoms with Crippen LogP contribution in [0.5, 0.6) is 0 Å². The van der Waals surface area contributed by atoms with Gasteiger partial charge < -0.3 is 0 Å². The maximum atomic E-state index is 12.8. The van der Waals surface area contributed by atoms with E-state index in [0.717, 1.165) is 18.2 Å². The molecule has 1 aromatic rings. The first-order valence-corrected chi connectivity index (χ1v) is 4.90. The number of nitro benzene ring substituents is 1. The van der Waals surface area contributed by atoms with Gasteiger partial charge in [0.2, 0.25) is 0 Å². The fourth-order valence-corrected chi connectivity index (χ4v) is 1.72. The summed E-state index contributed by atoms with van der Waals surface area (Å²) in [5, 5.41) is 10.8. The summed E-state index contributed by atoms with van der Waals surface area (Å²) in [6.45, 7) is 4.56. The molecule has 0 radical (unpaired) electrons. The second-order valence-electron chi connectivity index (χ2n) is 4.70. The van der Waals surface area contributed by atoms with Crippen LogP contribution in [0.15, 0.2) is 18.2 Å². The van der Waals surface area contributed by atoms with E-state index >= 15 is 0 Å². The number of benzene rings is 1.